The summed E-state index contributed by atoms with van der Waals surface area (Å²) in [4.78, 5) is 22.9. The molecule has 1 saturated heterocycles. The van der Waals surface area contributed by atoms with Gasteiger partial charge in [-0.15, -0.1) is 0 Å². The maximum atomic E-state index is 11.9. The highest BCUT2D eigenvalue weighted by atomic mass is 16.4. The molecule has 0 aromatic heterocycles. The van der Waals surface area contributed by atoms with Gasteiger partial charge in [-0.3, -0.25) is 4.79 Å². The zero-order valence-corrected chi connectivity index (χ0v) is 10.5. The van der Waals surface area contributed by atoms with E-state index in [0.717, 1.165) is 25.8 Å². The van der Waals surface area contributed by atoms with Gasteiger partial charge in [0.2, 0.25) is 5.91 Å². The molecule has 1 amide bonds. The number of hydrogen-bond acceptors (Lipinski definition) is 3. The number of carbonyl (C=O) groups is 2. The van der Waals surface area contributed by atoms with E-state index in [1.165, 1.54) is 0 Å². The van der Waals surface area contributed by atoms with Gasteiger partial charge in [-0.1, -0.05) is 13.3 Å². The standard InChI is InChI=1S/C12H22N2O3/c1-3-4-10(12(16)17)14-11(15)9-5-6-13-8(2)7-9/h8-10,13H,3-7H2,1-2H3,(H,14,15)(H,16,17)/t8?,9?,10-/m0/s1. The first kappa shape index (κ1) is 14.0. The second-order valence-electron chi connectivity index (χ2n) is 4.76. The van der Waals surface area contributed by atoms with Crippen LogP contribution < -0.4 is 10.6 Å². The lowest BCUT2D eigenvalue weighted by molar-refractivity contribution is -0.142. The molecule has 0 aromatic carbocycles. The summed E-state index contributed by atoms with van der Waals surface area (Å²) in [5.41, 5.74) is 0. The number of hydrogen-bond donors (Lipinski definition) is 3. The van der Waals surface area contributed by atoms with Gasteiger partial charge in [0, 0.05) is 12.0 Å². The van der Waals surface area contributed by atoms with Crippen LogP contribution in [-0.2, 0) is 9.59 Å². The van der Waals surface area contributed by atoms with E-state index in [2.05, 4.69) is 10.6 Å². The molecule has 2 unspecified atom stereocenters. The van der Waals surface area contributed by atoms with E-state index in [4.69, 9.17) is 5.11 Å². The highest BCUT2D eigenvalue weighted by Gasteiger charge is 2.27. The molecule has 0 saturated carbocycles. The molecule has 0 bridgehead atoms. The predicted octanol–water partition coefficient (Wildman–Crippen LogP) is 0.744. The van der Waals surface area contributed by atoms with Gasteiger partial charge in [0.05, 0.1) is 0 Å². The minimum atomic E-state index is -0.942. The quantitative estimate of drug-likeness (QED) is 0.664. The fourth-order valence-electron chi connectivity index (χ4n) is 2.21. The third-order valence-electron chi connectivity index (χ3n) is 3.19. The third kappa shape index (κ3) is 4.34. The molecule has 98 valence electrons. The Kier molecular flexibility index (Phi) is 5.41. The molecule has 3 N–H and O–H groups in total. The van der Waals surface area contributed by atoms with Crippen molar-refractivity contribution in [1.82, 2.24) is 10.6 Å². The zero-order valence-electron chi connectivity index (χ0n) is 10.5. The lowest BCUT2D eigenvalue weighted by Crippen LogP contribution is -2.47. The van der Waals surface area contributed by atoms with Crippen LogP contribution in [-0.4, -0.2) is 35.6 Å². The van der Waals surface area contributed by atoms with Crippen LogP contribution in [0.25, 0.3) is 0 Å². The van der Waals surface area contributed by atoms with E-state index in [9.17, 15) is 9.59 Å². The average molecular weight is 242 g/mol. The second-order valence-corrected chi connectivity index (χ2v) is 4.76. The number of carboxylic acid groups (broad SMARTS) is 1. The molecule has 0 radical (unpaired) electrons. The van der Waals surface area contributed by atoms with Crippen molar-refractivity contribution < 1.29 is 14.7 Å². The van der Waals surface area contributed by atoms with E-state index in [1.54, 1.807) is 0 Å². The van der Waals surface area contributed by atoms with Crippen LogP contribution in [0, 0.1) is 5.92 Å². The normalized spacial score (nSPS) is 26.2. The molecule has 1 rings (SSSR count). The Bertz CT molecular complexity index is 281. The Morgan fingerprint density at radius 2 is 2.24 bits per heavy atom. The van der Waals surface area contributed by atoms with Crippen LogP contribution in [0.1, 0.15) is 39.5 Å². The Morgan fingerprint density at radius 3 is 2.76 bits per heavy atom. The first-order valence-electron chi connectivity index (χ1n) is 6.31. The number of nitrogens with one attached hydrogen (secondary N) is 2. The van der Waals surface area contributed by atoms with Crippen LogP contribution in [0.5, 0.6) is 0 Å². The van der Waals surface area contributed by atoms with E-state index in [1.807, 2.05) is 13.8 Å². The van der Waals surface area contributed by atoms with Gasteiger partial charge in [-0.05, 0) is 32.7 Å². The molecule has 5 nitrogen and oxygen atoms in total. The second kappa shape index (κ2) is 6.59. The zero-order chi connectivity index (χ0) is 12.8. The van der Waals surface area contributed by atoms with Gasteiger partial charge in [0.1, 0.15) is 6.04 Å². The molecule has 5 heteroatoms. The minimum absolute atomic E-state index is 0.0510. The highest BCUT2D eigenvalue weighted by molar-refractivity contribution is 5.85. The SMILES string of the molecule is CCC[C@H](NC(=O)C1CCNC(C)C1)C(=O)O. The summed E-state index contributed by atoms with van der Waals surface area (Å²) in [5, 5.41) is 14.9. The summed E-state index contributed by atoms with van der Waals surface area (Å²) < 4.78 is 0. The molecule has 1 aliphatic heterocycles. The van der Waals surface area contributed by atoms with Crippen LogP contribution in [0.2, 0.25) is 0 Å². The van der Waals surface area contributed by atoms with Crippen molar-refractivity contribution in [3.8, 4) is 0 Å². The Labute approximate surface area is 102 Å². The van der Waals surface area contributed by atoms with Crippen molar-refractivity contribution >= 4 is 11.9 Å². The first-order chi connectivity index (χ1) is 8.04. The monoisotopic (exact) mass is 242 g/mol. The van der Waals surface area contributed by atoms with Crippen LogP contribution >= 0.6 is 0 Å². The Balaban J connectivity index is 2.48. The van der Waals surface area contributed by atoms with Gasteiger partial charge in [0.25, 0.3) is 0 Å². The number of carbonyl (C=O) groups excluding carboxylic acids is 1. The van der Waals surface area contributed by atoms with Crippen molar-refractivity contribution in [2.75, 3.05) is 6.54 Å². The summed E-state index contributed by atoms with van der Waals surface area (Å²) in [5.74, 6) is -1.11. The number of piperidine rings is 1. The van der Waals surface area contributed by atoms with Crippen molar-refractivity contribution in [3.63, 3.8) is 0 Å². The van der Waals surface area contributed by atoms with Crippen molar-refractivity contribution in [2.45, 2.75) is 51.6 Å². The summed E-state index contributed by atoms with van der Waals surface area (Å²) in [6, 6.07) is -0.411. The van der Waals surface area contributed by atoms with E-state index in [-0.39, 0.29) is 11.8 Å². The number of carboxylic acids is 1. The number of rotatable bonds is 5. The lowest BCUT2D eigenvalue weighted by Gasteiger charge is -2.28. The summed E-state index contributed by atoms with van der Waals surface area (Å²) in [6.45, 7) is 4.78. The fraction of sp³-hybridized carbons (Fsp3) is 0.833. The average Bonchev–Trinajstić information content (AvgIpc) is 2.28. The van der Waals surface area contributed by atoms with Crippen LogP contribution in [0.3, 0.4) is 0 Å². The maximum absolute atomic E-state index is 11.9. The molecule has 0 aliphatic carbocycles. The molecule has 17 heavy (non-hydrogen) atoms. The van der Waals surface area contributed by atoms with Gasteiger partial charge in [-0.2, -0.15) is 0 Å². The smallest absolute Gasteiger partial charge is 0.326 e. The molecular weight excluding hydrogens is 220 g/mol. The molecule has 0 spiro atoms. The maximum Gasteiger partial charge on any atom is 0.326 e. The molecule has 3 atom stereocenters. The highest BCUT2D eigenvalue weighted by Crippen LogP contribution is 2.16. The van der Waals surface area contributed by atoms with Gasteiger partial charge in [-0.25, -0.2) is 4.79 Å². The first-order valence-corrected chi connectivity index (χ1v) is 6.31. The molecule has 1 fully saturated rings. The lowest BCUT2D eigenvalue weighted by atomic mass is 9.92. The molecular formula is C12H22N2O3. The van der Waals surface area contributed by atoms with Crippen LogP contribution in [0.15, 0.2) is 0 Å². The van der Waals surface area contributed by atoms with E-state index in [0.29, 0.717) is 12.5 Å². The van der Waals surface area contributed by atoms with Gasteiger partial charge in [0.15, 0.2) is 0 Å². The van der Waals surface area contributed by atoms with Gasteiger partial charge >= 0.3 is 5.97 Å². The largest absolute Gasteiger partial charge is 0.480 e. The topological polar surface area (TPSA) is 78.4 Å². The predicted molar refractivity (Wildman–Crippen MR) is 64.7 cm³/mol. The molecule has 1 heterocycles. The summed E-state index contributed by atoms with van der Waals surface area (Å²) >= 11 is 0. The van der Waals surface area contributed by atoms with E-state index < -0.39 is 12.0 Å². The van der Waals surface area contributed by atoms with Crippen LogP contribution in [0.4, 0.5) is 0 Å². The van der Waals surface area contributed by atoms with Crippen molar-refractivity contribution in [2.24, 2.45) is 5.92 Å². The minimum Gasteiger partial charge on any atom is -0.480 e. The van der Waals surface area contributed by atoms with Gasteiger partial charge < -0.3 is 15.7 Å². The molecule has 0 aromatic rings. The van der Waals surface area contributed by atoms with E-state index >= 15 is 0 Å². The Morgan fingerprint density at radius 1 is 1.53 bits per heavy atom. The fourth-order valence-corrected chi connectivity index (χ4v) is 2.21. The Hall–Kier alpha value is -1.10. The number of amides is 1. The van der Waals surface area contributed by atoms with Crippen molar-refractivity contribution in [1.29, 1.82) is 0 Å². The molecule has 1 aliphatic rings. The number of aliphatic carboxylic acids is 1. The third-order valence-corrected chi connectivity index (χ3v) is 3.19. The van der Waals surface area contributed by atoms with Crippen molar-refractivity contribution in [3.05, 3.63) is 0 Å². The summed E-state index contributed by atoms with van der Waals surface area (Å²) in [7, 11) is 0. The summed E-state index contributed by atoms with van der Waals surface area (Å²) in [6.07, 6.45) is 2.81.